The van der Waals surface area contributed by atoms with Crippen molar-refractivity contribution < 1.29 is 4.43 Å². The van der Waals surface area contributed by atoms with Gasteiger partial charge in [-0.3, -0.25) is 0 Å². The Morgan fingerprint density at radius 3 is 2.14 bits per heavy atom. The molecule has 0 heterocycles. The molecule has 28 heavy (non-hydrogen) atoms. The summed E-state index contributed by atoms with van der Waals surface area (Å²) in [7, 11) is -1.90. The second-order valence-electron chi connectivity index (χ2n) is 11.3. The molecule has 2 aliphatic rings. The van der Waals surface area contributed by atoms with E-state index in [2.05, 4.69) is 80.5 Å². The van der Waals surface area contributed by atoms with Crippen LogP contribution in [0, 0.1) is 12.8 Å². The molecule has 158 valence electrons. The molecule has 0 spiro atoms. The molecule has 1 nitrogen and oxygen atoms in total. The molecule has 1 fully saturated rings. The van der Waals surface area contributed by atoms with Crippen LogP contribution in [-0.4, -0.2) is 13.9 Å². The molecule has 0 aliphatic heterocycles. The van der Waals surface area contributed by atoms with E-state index in [1.54, 1.807) is 11.1 Å². The zero-order valence-electron chi connectivity index (χ0n) is 20.0. The second kappa shape index (κ2) is 7.58. The Bertz CT molecular complexity index is 685. The van der Waals surface area contributed by atoms with Crippen molar-refractivity contribution in [1.82, 2.24) is 0 Å². The van der Waals surface area contributed by atoms with E-state index in [4.69, 9.17) is 4.43 Å². The summed E-state index contributed by atoms with van der Waals surface area (Å²) >= 11 is 0. The predicted octanol–water partition coefficient (Wildman–Crippen LogP) is 7.95. The molecule has 0 saturated heterocycles. The van der Waals surface area contributed by atoms with Crippen molar-refractivity contribution in [2.24, 2.45) is 5.92 Å². The van der Waals surface area contributed by atoms with Crippen LogP contribution in [-0.2, 0) is 16.3 Å². The van der Waals surface area contributed by atoms with Gasteiger partial charge in [-0.2, -0.15) is 0 Å². The molecule has 1 aromatic carbocycles. The largest absolute Gasteiger partial charge is 0.411 e. The first kappa shape index (κ1) is 22.1. The lowest BCUT2D eigenvalue weighted by atomic mass is 9.53. The maximum absolute atomic E-state index is 7.57. The number of hydrogen-bond acceptors (Lipinski definition) is 1. The van der Waals surface area contributed by atoms with Crippen LogP contribution in [0.1, 0.15) is 97.8 Å². The lowest BCUT2D eigenvalue weighted by Gasteiger charge is -2.59. The minimum absolute atomic E-state index is 0.0134. The molecule has 3 atom stereocenters. The molecule has 0 aromatic heterocycles. The molecule has 0 bridgehead atoms. The van der Waals surface area contributed by atoms with E-state index in [0.717, 1.165) is 0 Å². The summed E-state index contributed by atoms with van der Waals surface area (Å²) in [5.74, 6) is 0.631. The van der Waals surface area contributed by atoms with E-state index < -0.39 is 8.32 Å². The Morgan fingerprint density at radius 1 is 0.964 bits per heavy atom. The topological polar surface area (TPSA) is 9.23 Å². The standard InChI is InChI=1S/C26H44OSi/c1-18(2)28(19(3)4,20(5)6)27-26(9)16-10-15-25(8)23-17-21(7)11-12-22(23)13-14-24(25)26/h11-12,17-20,24H,10,13-16H2,1-9H3/t24-,25-,26-/m1/s1. The minimum Gasteiger partial charge on any atom is -0.411 e. The highest BCUT2D eigenvalue weighted by Gasteiger charge is 2.57. The third-order valence-electron chi connectivity index (χ3n) is 8.58. The summed E-state index contributed by atoms with van der Waals surface area (Å²) in [5.41, 5.74) is 6.85. The Kier molecular flexibility index (Phi) is 5.98. The third kappa shape index (κ3) is 3.33. The molecule has 1 aromatic rings. The van der Waals surface area contributed by atoms with Gasteiger partial charge in [0.1, 0.15) is 0 Å². The minimum atomic E-state index is -1.90. The van der Waals surface area contributed by atoms with Crippen LogP contribution in [0.4, 0.5) is 0 Å². The van der Waals surface area contributed by atoms with Gasteiger partial charge in [0.15, 0.2) is 0 Å². The number of hydrogen-bond donors (Lipinski definition) is 0. The molecular weight excluding hydrogens is 356 g/mol. The SMILES string of the molecule is Cc1ccc2c(c1)[C@@]1(C)CCC[C@@](C)(O[Si](C(C)C)(C(C)C)C(C)C)[C@@H]1CC2. The van der Waals surface area contributed by atoms with Crippen molar-refractivity contribution in [1.29, 1.82) is 0 Å². The van der Waals surface area contributed by atoms with Crippen LogP contribution in [0.15, 0.2) is 18.2 Å². The van der Waals surface area contributed by atoms with E-state index in [1.165, 1.54) is 37.7 Å². The highest BCUT2D eigenvalue weighted by atomic mass is 28.4. The number of rotatable bonds is 5. The van der Waals surface area contributed by atoms with E-state index in [0.29, 0.717) is 22.5 Å². The lowest BCUT2D eigenvalue weighted by Crippen LogP contribution is -2.61. The van der Waals surface area contributed by atoms with Crippen LogP contribution in [0.5, 0.6) is 0 Å². The fourth-order valence-corrected chi connectivity index (χ4v) is 13.2. The highest BCUT2D eigenvalue weighted by Crippen LogP contribution is 2.57. The summed E-state index contributed by atoms with van der Waals surface area (Å²) in [4.78, 5) is 0. The van der Waals surface area contributed by atoms with Gasteiger partial charge in [0.2, 0.25) is 8.32 Å². The van der Waals surface area contributed by atoms with Crippen molar-refractivity contribution in [3.63, 3.8) is 0 Å². The van der Waals surface area contributed by atoms with Crippen LogP contribution >= 0.6 is 0 Å². The zero-order valence-corrected chi connectivity index (χ0v) is 21.0. The van der Waals surface area contributed by atoms with Crippen LogP contribution in [0.25, 0.3) is 0 Å². The molecule has 1 saturated carbocycles. The van der Waals surface area contributed by atoms with Gasteiger partial charge in [-0.05, 0) is 85.0 Å². The Balaban J connectivity index is 2.05. The van der Waals surface area contributed by atoms with Crippen molar-refractivity contribution in [2.75, 3.05) is 0 Å². The summed E-state index contributed by atoms with van der Waals surface area (Å²) in [6, 6.07) is 7.19. The first-order chi connectivity index (χ1) is 13.0. The smallest absolute Gasteiger partial charge is 0.201 e. The zero-order chi connectivity index (χ0) is 20.9. The molecule has 2 heteroatoms. The van der Waals surface area contributed by atoms with E-state index in [1.807, 2.05) is 0 Å². The normalized spacial score (nSPS) is 30.6. The van der Waals surface area contributed by atoms with Gasteiger partial charge in [-0.25, -0.2) is 0 Å². The molecule has 0 N–H and O–H groups in total. The molecule has 2 aliphatic carbocycles. The third-order valence-corrected chi connectivity index (χ3v) is 14.8. The summed E-state index contributed by atoms with van der Waals surface area (Å²) in [5, 5.41) is 0. The van der Waals surface area contributed by atoms with Gasteiger partial charge in [0.25, 0.3) is 0 Å². The summed E-state index contributed by atoms with van der Waals surface area (Å²) < 4.78 is 7.57. The van der Waals surface area contributed by atoms with E-state index in [-0.39, 0.29) is 11.0 Å². The maximum Gasteiger partial charge on any atom is 0.201 e. The van der Waals surface area contributed by atoms with Crippen LogP contribution < -0.4 is 0 Å². The molecule has 3 rings (SSSR count). The van der Waals surface area contributed by atoms with Crippen molar-refractivity contribution in [3.8, 4) is 0 Å². The summed E-state index contributed by atoms with van der Waals surface area (Å²) in [6.07, 6.45) is 6.33. The average Bonchev–Trinajstić information content (AvgIpc) is 2.59. The molecule has 0 radical (unpaired) electrons. The maximum atomic E-state index is 7.57. The van der Waals surface area contributed by atoms with Gasteiger partial charge in [0.05, 0.1) is 5.60 Å². The first-order valence-corrected chi connectivity index (χ1v) is 13.9. The van der Waals surface area contributed by atoms with E-state index >= 15 is 0 Å². The molecule has 0 unspecified atom stereocenters. The Morgan fingerprint density at radius 2 is 1.57 bits per heavy atom. The molecule has 0 amide bonds. The number of aryl methyl sites for hydroxylation is 2. The number of fused-ring (bicyclic) bond motifs is 3. The van der Waals surface area contributed by atoms with Crippen LogP contribution in [0.3, 0.4) is 0 Å². The van der Waals surface area contributed by atoms with Crippen molar-refractivity contribution >= 4 is 8.32 Å². The lowest BCUT2D eigenvalue weighted by molar-refractivity contribution is -0.0664. The second-order valence-corrected chi connectivity index (χ2v) is 16.6. The fourth-order valence-electron chi connectivity index (χ4n) is 7.39. The number of benzene rings is 1. The van der Waals surface area contributed by atoms with Crippen molar-refractivity contribution in [2.45, 2.75) is 122 Å². The monoisotopic (exact) mass is 400 g/mol. The first-order valence-electron chi connectivity index (χ1n) is 11.8. The van der Waals surface area contributed by atoms with E-state index in [9.17, 15) is 0 Å². The van der Waals surface area contributed by atoms with Gasteiger partial charge in [-0.15, -0.1) is 0 Å². The highest BCUT2D eigenvalue weighted by molar-refractivity contribution is 6.77. The average molecular weight is 401 g/mol. The summed E-state index contributed by atoms with van der Waals surface area (Å²) in [6.45, 7) is 21.9. The van der Waals surface area contributed by atoms with Gasteiger partial charge >= 0.3 is 0 Å². The van der Waals surface area contributed by atoms with Crippen molar-refractivity contribution in [3.05, 3.63) is 34.9 Å². The molecular formula is C26H44OSi. The van der Waals surface area contributed by atoms with Gasteiger partial charge in [0, 0.05) is 0 Å². The quantitative estimate of drug-likeness (QED) is 0.456. The van der Waals surface area contributed by atoms with Gasteiger partial charge in [-0.1, -0.05) is 72.2 Å². The fraction of sp³-hybridized carbons (Fsp3) is 0.769. The predicted molar refractivity (Wildman–Crippen MR) is 125 cm³/mol. The Labute approximate surface area is 175 Å². The Hall–Kier alpha value is -0.603. The van der Waals surface area contributed by atoms with Crippen LogP contribution in [0.2, 0.25) is 16.6 Å². The van der Waals surface area contributed by atoms with Gasteiger partial charge < -0.3 is 4.43 Å².